The summed E-state index contributed by atoms with van der Waals surface area (Å²) in [5.41, 5.74) is 5.79. The zero-order valence-corrected chi connectivity index (χ0v) is 9.64. The fourth-order valence-corrected chi connectivity index (χ4v) is 1.84. The highest BCUT2D eigenvalue weighted by molar-refractivity contribution is 5.78. The molecule has 0 aromatic rings. The van der Waals surface area contributed by atoms with E-state index in [1.165, 1.54) is 25.7 Å². The van der Waals surface area contributed by atoms with Crippen LogP contribution in [0.15, 0.2) is 4.99 Å². The first-order chi connectivity index (χ1) is 6.47. The molecule has 3 nitrogen and oxygen atoms in total. The maximum absolute atomic E-state index is 5.78. The van der Waals surface area contributed by atoms with Gasteiger partial charge in [0.25, 0.3) is 0 Å². The van der Waals surface area contributed by atoms with Crippen LogP contribution in [-0.4, -0.2) is 18.0 Å². The third-order valence-corrected chi connectivity index (χ3v) is 2.50. The highest BCUT2D eigenvalue weighted by atomic mass is 15.1. The van der Waals surface area contributed by atoms with Crippen molar-refractivity contribution in [2.24, 2.45) is 16.6 Å². The molecule has 0 aliphatic heterocycles. The van der Waals surface area contributed by atoms with Crippen LogP contribution in [0.25, 0.3) is 0 Å². The number of guanidine groups is 1. The van der Waals surface area contributed by atoms with Gasteiger partial charge in [-0.05, 0) is 39.5 Å². The Balaban J connectivity index is 2.28. The molecule has 1 aliphatic rings. The van der Waals surface area contributed by atoms with Gasteiger partial charge in [-0.2, -0.15) is 0 Å². The number of nitrogens with two attached hydrogens (primary N) is 1. The minimum atomic E-state index is 0.0171. The fraction of sp³-hybridized carbons (Fsp3) is 0.909. The number of hydrogen-bond donors (Lipinski definition) is 2. The SMILES string of the molecule is CC(C)(C)NC(N)=NCC1CCCC1. The Morgan fingerprint density at radius 1 is 1.36 bits per heavy atom. The lowest BCUT2D eigenvalue weighted by Gasteiger charge is -2.21. The van der Waals surface area contributed by atoms with Crippen molar-refractivity contribution < 1.29 is 0 Å². The topological polar surface area (TPSA) is 50.4 Å². The van der Waals surface area contributed by atoms with Crippen LogP contribution >= 0.6 is 0 Å². The van der Waals surface area contributed by atoms with Crippen molar-refractivity contribution in [3.63, 3.8) is 0 Å². The lowest BCUT2D eigenvalue weighted by molar-refractivity contribution is 0.503. The van der Waals surface area contributed by atoms with E-state index in [1.807, 2.05) is 0 Å². The van der Waals surface area contributed by atoms with E-state index in [1.54, 1.807) is 0 Å². The molecule has 82 valence electrons. The molecule has 1 saturated carbocycles. The second kappa shape index (κ2) is 4.67. The van der Waals surface area contributed by atoms with Gasteiger partial charge in [0.15, 0.2) is 5.96 Å². The average Bonchev–Trinajstić information content (AvgIpc) is 2.49. The van der Waals surface area contributed by atoms with Gasteiger partial charge < -0.3 is 11.1 Å². The molecule has 1 rings (SSSR count). The molecule has 0 spiro atoms. The smallest absolute Gasteiger partial charge is 0.188 e. The summed E-state index contributed by atoms with van der Waals surface area (Å²) in [7, 11) is 0. The molecule has 0 aromatic carbocycles. The first kappa shape index (κ1) is 11.3. The third kappa shape index (κ3) is 4.49. The van der Waals surface area contributed by atoms with Gasteiger partial charge in [-0.25, -0.2) is 0 Å². The number of aliphatic imine (C=N–C) groups is 1. The predicted octanol–water partition coefficient (Wildman–Crippen LogP) is 1.88. The van der Waals surface area contributed by atoms with E-state index in [9.17, 15) is 0 Å². The molecular weight excluding hydrogens is 174 g/mol. The van der Waals surface area contributed by atoms with Gasteiger partial charge in [-0.1, -0.05) is 12.8 Å². The summed E-state index contributed by atoms with van der Waals surface area (Å²) in [6, 6.07) is 0. The minimum absolute atomic E-state index is 0.0171. The van der Waals surface area contributed by atoms with Gasteiger partial charge in [0.1, 0.15) is 0 Å². The van der Waals surface area contributed by atoms with Crippen LogP contribution in [-0.2, 0) is 0 Å². The summed E-state index contributed by atoms with van der Waals surface area (Å²) in [5, 5.41) is 3.17. The first-order valence-electron chi connectivity index (χ1n) is 5.55. The van der Waals surface area contributed by atoms with Gasteiger partial charge in [-0.15, -0.1) is 0 Å². The van der Waals surface area contributed by atoms with Crippen LogP contribution in [0, 0.1) is 5.92 Å². The van der Waals surface area contributed by atoms with Gasteiger partial charge >= 0.3 is 0 Å². The summed E-state index contributed by atoms with van der Waals surface area (Å²) in [5.74, 6) is 1.36. The van der Waals surface area contributed by atoms with E-state index in [2.05, 4.69) is 31.1 Å². The van der Waals surface area contributed by atoms with Crippen molar-refractivity contribution in [1.82, 2.24) is 5.32 Å². The maximum atomic E-state index is 5.78. The predicted molar refractivity (Wildman–Crippen MR) is 61.3 cm³/mol. The Kier molecular flexibility index (Phi) is 3.78. The second-order valence-electron chi connectivity index (χ2n) is 5.25. The quantitative estimate of drug-likeness (QED) is 0.524. The largest absolute Gasteiger partial charge is 0.370 e. The van der Waals surface area contributed by atoms with E-state index in [0.29, 0.717) is 5.96 Å². The van der Waals surface area contributed by atoms with Gasteiger partial charge in [0.2, 0.25) is 0 Å². The van der Waals surface area contributed by atoms with Gasteiger partial charge in [-0.3, -0.25) is 4.99 Å². The Morgan fingerprint density at radius 2 is 1.93 bits per heavy atom. The molecule has 0 heterocycles. The highest BCUT2D eigenvalue weighted by Crippen LogP contribution is 2.24. The molecule has 1 fully saturated rings. The second-order valence-corrected chi connectivity index (χ2v) is 5.25. The van der Waals surface area contributed by atoms with Crippen LogP contribution in [0.4, 0.5) is 0 Å². The van der Waals surface area contributed by atoms with Crippen molar-refractivity contribution >= 4 is 5.96 Å². The molecule has 14 heavy (non-hydrogen) atoms. The molecule has 0 amide bonds. The molecule has 0 aromatic heterocycles. The molecule has 0 saturated heterocycles. The molecule has 0 unspecified atom stereocenters. The van der Waals surface area contributed by atoms with Crippen LogP contribution in [0.5, 0.6) is 0 Å². The Labute approximate surface area is 87.2 Å². The van der Waals surface area contributed by atoms with Crippen molar-refractivity contribution in [3.8, 4) is 0 Å². The van der Waals surface area contributed by atoms with Crippen LogP contribution in [0.3, 0.4) is 0 Å². The molecule has 0 atom stereocenters. The number of hydrogen-bond acceptors (Lipinski definition) is 1. The summed E-state index contributed by atoms with van der Waals surface area (Å²) in [6.07, 6.45) is 5.39. The lowest BCUT2D eigenvalue weighted by Crippen LogP contribution is -2.45. The van der Waals surface area contributed by atoms with Crippen molar-refractivity contribution in [2.75, 3.05) is 6.54 Å². The maximum Gasteiger partial charge on any atom is 0.188 e. The number of rotatable bonds is 2. The van der Waals surface area contributed by atoms with Gasteiger partial charge in [0, 0.05) is 12.1 Å². The van der Waals surface area contributed by atoms with Crippen molar-refractivity contribution in [3.05, 3.63) is 0 Å². The molecule has 0 radical (unpaired) electrons. The summed E-state index contributed by atoms with van der Waals surface area (Å²) in [4.78, 5) is 4.37. The Hall–Kier alpha value is -0.730. The van der Waals surface area contributed by atoms with E-state index in [0.717, 1.165) is 12.5 Å². The Morgan fingerprint density at radius 3 is 2.43 bits per heavy atom. The Bertz CT molecular complexity index is 197. The zero-order chi connectivity index (χ0) is 10.6. The normalized spacial score (nSPS) is 20.1. The molecule has 1 aliphatic carbocycles. The summed E-state index contributed by atoms with van der Waals surface area (Å²) >= 11 is 0. The summed E-state index contributed by atoms with van der Waals surface area (Å²) in [6.45, 7) is 7.16. The van der Waals surface area contributed by atoms with Gasteiger partial charge in [0.05, 0.1) is 0 Å². The van der Waals surface area contributed by atoms with Crippen LogP contribution < -0.4 is 11.1 Å². The zero-order valence-electron chi connectivity index (χ0n) is 9.64. The number of nitrogens with one attached hydrogen (secondary N) is 1. The fourth-order valence-electron chi connectivity index (χ4n) is 1.84. The lowest BCUT2D eigenvalue weighted by atomic mass is 10.1. The molecular formula is C11H23N3. The van der Waals surface area contributed by atoms with E-state index in [4.69, 9.17) is 5.73 Å². The van der Waals surface area contributed by atoms with E-state index < -0.39 is 0 Å². The van der Waals surface area contributed by atoms with Crippen LogP contribution in [0.2, 0.25) is 0 Å². The standard InChI is InChI=1S/C11H23N3/c1-11(2,3)14-10(12)13-8-9-6-4-5-7-9/h9H,4-8H2,1-3H3,(H3,12,13,14). The van der Waals surface area contributed by atoms with Crippen molar-refractivity contribution in [2.45, 2.75) is 52.0 Å². The third-order valence-electron chi connectivity index (χ3n) is 2.50. The highest BCUT2D eigenvalue weighted by Gasteiger charge is 2.15. The summed E-state index contributed by atoms with van der Waals surface area (Å²) < 4.78 is 0. The first-order valence-corrected chi connectivity index (χ1v) is 5.55. The number of nitrogens with zero attached hydrogens (tertiary/aromatic N) is 1. The monoisotopic (exact) mass is 197 g/mol. The molecule has 3 heteroatoms. The van der Waals surface area contributed by atoms with E-state index in [-0.39, 0.29) is 5.54 Å². The average molecular weight is 197 g/mol. The van der Waals surface area contributed by atoms with E-state index >= 15 is 0 Å². The van der Waals surface area contributed by atoms with Crippen LogP contribution in [0.1, 0.15) is 46.5 Å². The molecule has 3 N–H and O–H groups in total. The minimum Gasteiger partial charge on any atom is -0.370 e. The molecule has 0 bridgehead atoms. The van der Waals surface area contributed by atoms with Crippen molar-refractivity contribution in [1.29, 1.82) is 0 Å².